The van der Waals surface area contributed by atoms with E-state index in [1.165, 1.54) is 18.2 Å². The molecule has 2 aromatic rings. The second-order valence-corrected chi connectivity index (χ2v) is 5.71. The molecule has 3 rings (SSSR count). The third kappa shape index (κ3) is 2.32. The van der Waals surface area contributed by atoms with Crippen LogP contribution in [0.15, 0.2) is 30.3 Å². The third-order valence-electron chi connectivity index (χ3n) is 4.25. The highest BCUT2D eigenvalue weighted by Crippen LogP contribution is 2.43. The van der Waals surface area contributed by atoms with E-state index in [1.807, 2.05) is 0 Å². The summed E-state index contributed by atoms with van der Waals surface area (Å²) in [6.45, 7) is -0.775. The first-order chi connectivity index (χ1) is 11.7. The zero-order chi connectivity index (χ0) is 18.5. The van der Waals surface area contributed by atoms with E-state index in [1.54, 1.807) is 0 Å². The molecule has 1 aliphatic heterocycles. The minimum absolute atomic E-state index is 0.0800. The average Bonchev–Trinajstić information content (AvgIpc) is 2.57. The van der Waals surface area contributed by atoms with E-state index in [0.717, 1.165) is 6.07 Å². The Morgan fingerprint density at radius 1 is 1.08 bits per heavy atom. The molecule has 0 saturated carbocycles. The van der Waals surface area contributed by atoms with E-state index < -0.39 is 54.2 Å². The molecular formula is C16H18O8. The molecule has 8 nitrogen and oxygen atoms in total. The Morgan fingerprint density at radius 2 is 1.79 bits per heavy atom. The number of hydrogen-bond acceptors (Lipinski definition) is 8. The molecule has 7 N–H and O–H groups in total. The van der Waals surface area contributed by atoms with Gasteiger partial charge in [0, 0.05) is 16.3 Å². The number of benzene rings is 2. The van der Waals surface area contributed by atoms with Crippen LogP contribution in [-0.2, 0) is 10.5 Å². The maximum atomic E-state index is 10.9. The van der Waals surface area contributed by atoms with Crippen LogP contribution >= 0.6 is 0 Å². The molecule has 5 atom stereocenters. The molecule has 8 heteroatoms. The summed E-state index contributed by atoms with van der Waals surface area (Å²) >= 11 is 0. The summed E-state index contributed by atoms with van der Waals surface area (Å²) in [5.41, 5.74) is -0.407. The van der Waals surface area contributed by atoms with Crippen LogP contribution in [0.2, 0.25) is 0 Å². The number of phenols is 2. The Kier molecular flexibility index (Phi) is 3.80. The summed E-state index contributed by atoms with van der Waals surface area (Å²) in [5.74, 6) is -3.45. The van der Waals surface area contributed by atoms with Crippen molar-refractivity contribution in [2.24, 2.45) is 0 Å². The van der Waals surface area contributed by atoms with Crippen LogP contribution in [0.1, 0.15) is 6.93 Å². The molecule has 1 saturated heterocycles. The molecular weight excluding hydrogens is 320 g/mol. The van der Waals surface area contributed by atoms with Gasteiger partial charge in [-0.05, 0) is 18.2 Å². The second kappa shape index (κ2) is 5.85. The number of fused-ring (bicyclic) bond motifs is 1. The predicted molar refractivity (Wildman–Crippen MR) is 81.2 cm³/mol. The monoisotopic (exact) mass is 339 g/mol. The highest BCUT2D eigenvalue weighted by molar-refractivity contribution is 5.95. The average molecular weight is 339 g/mol. The molecule has 2 aromatic carbocycles. The molecule has 0 radical (unpaired) electrons. The van der Waals surface area contributed by atoms with Crippen LogP contribution in [-0.4, -0.2) is 66.8 Å². The second-order valence-electron chi connectivity index (χ2n) is 5.71. The topological polar surface area (TPSA) is 151 Å². The lowest BCUT2D eigenvalue weighted by atomic mass is 9.85. The van der Waals surface area contributed by atoms with Gasteiger partial charge in [0.25, 0.3) is 0 Å². The fraction of sp³-hybridized carbons (Fsp3) is 0.375. The lowest BCUT2D eigenvalue weighted by Crippen LogP contribution is -2.63. The minimum atomic E-state index is -2.71. The molecule has 24 heavy (non-hydrogen) atoms. The highest BCUT2D eigenvalue weighted by Gasteiger charge is 2.54. The van der Waals surface area contributed by atoms with E-state index in [2.05, 4.69) is 0 Å². The maximum Gasteiger partial charge on any atom is 0.223 e. The lowest BCUT2D eigenvalue weighted by molar-refractivity contribution is -0.357. The zero-order valence-corrected chi connectivity index (χ0v) is 12.4. The van der Waals surface area contributed by atoms with Crippen LogP contribution in [0.4, 0.5) is 0 Å². The maximum absolute atomic E-state index is 10.9. The molecule has 1 heterocycles. The van der Waals surface area contributed by atoms with Crippen molar-refractivity contribution < 1.29 is 41.9 Å². The molecule has 0 aliphatic carbocycles. The van der Waals surface area contributed by atoms with Gasteiger partial charge >= 0.3 is 0 Å². The van der Waals surface area contributed by atoms with Crippen molar-refractivity contribution in [1.29, 1.82) is 0 Å². The Balaban J connectivity index is 2.31. The van der Waals surface area contributed by atoms with E-state index in [-0.39, 0.29) is 16.5 Å². The SMILES string of the molecule is [2H]c1cc(O)c2cccc(O)c2c1C1(O)O[C@H](CO)[C@@H](O)[C@H](O)[C@H]1O. The van der Waals surface area contributed by atoms with Crippen molar-refractivity contribution in [3.8, 4) is 11.5 Å². The fourth-order valence-corrected chi connectivity index (χ4v) is 2.95. The number of hydrogen-bond donors (Lipinski definition) is 7. The van der Waals surface area contributed by atoms with Crippen molar-refractivity contribution >= 4 is 10.8 Å². The number of aliphatic hydroxyl groups excluding tert-OH is 4. The summed E-state index contributed by atoms with van der Waals surface area (Å²) in [5, 5.41) is 70.4. The van der Waals surface area contributed by atoms with Crippen LogP contribution < -0.4 is 0 Å². The van der Waals surface area contributed by atoms with Crippen molar-refractivity contribution in [3.63, 3.8) is 0 Å². The van der Waals surface area contributed by atoms with Crippen molar-refractivity contribution in [3.05, 3.63) is 35.9 Å². The molecule has 1 aliphatic rings. The largest absolute Gasteiger partial charge is 0.507 e. The van der Waals surface area contributed by atoms with Crippen molar-refractivity contribution in [2.45, 2.75) is 30.2 Å². The quantitative estimate of drug-likeness (QED) is 0.363. The molecule has 0 amide bonds. The first kappa shape index (κ1) is 15.6. The van der Waals surface area contributed by atoms with Gasteiger partial charge in [-0.1, -0.05) is 12.1 Å². The normalized spacial score (nSPS) is 34.3. The number of ether oxygens (including phenoxy) is 1. The van der Waals surface area contributed by atoms with Gasteiger partial charge in [-0.3, -0.25) is 0 Å². The minimum Gasteiger partial charge on any atom is -0.507 e. The molecule has 0 bridgehead atoms. The van der Waals surface area contributed by atoms with Crippen molar-refractivity contribution in [2.75, 3.05) is 6.61 Å². The molecule has 1 unspecified atom stereocenters. The van der Waals surface area contributed by atoms with Gasteiger partial charge in [0.15, 0.2) is 0 Å². The first-order valence-corrected chi connectivity index (χ1v) is 7.22. The van der Waals surface area contributed by atoms with E-state index >= 15 is 0 Å². The smallest absolute Gasteiger partial charge is 0.223 e. The number of phenolic OH excluding ortho intramolecular Hbond substituents is 2. The molecule has 1 fully saturated rings. The van der Waals surface area contributed by atoms with Gasteiger partial charge in [-0.25, -0.2) is 0 Å². The summed E-state index contributed by atoms with van der Waals surface area (Å²) < 4.78 is 13.3. The first-order valence-electron chi connectivity index (χ1n) is 7.72. The van der Waals surface area contributed by atoms with Crippen LogP contribution in [0.5, 0.6) is 11.5 Å². The molecule has 0 spiro atoms. The molecule has 0 aromatic heterocycles. The van der Waals surface area contributed by atoms with Gasteiger partial charge in [0.05, 0.1) is 7.98 Å². The number of rotatable bonds is 2. The van der Waals surface area contributed by atoms with Crippen LogP contribution in [0.3, 0.4) is 0 Å². The summed E-state index contributed by atoms with van der Waals surface area (Å²) in [6.07, 6.45) is -7.09. The Hall–Kier alpha value is -1.94. The van der Waals surface area contributed by atoms with Crippen LogP contribution in [0.25, 0.3) is 10.8 Å². The highest BCUT2D eigenvalue weighted by atomic mass is 16.7. The van der Waals surface area contributed by atoms with E-state index in [9.17, 15) is 35.7 Å². The standard InChI is InChI=1S/C16H18O8/c17-6-11-13(20)14(21)15(22)16(23,24-11)8-4-5-9(18)7-2-1-3-10(19)12(7)8/h1-5,11,13-15,17-23H,6H2/t11-,13-,14+,15-,16?/m1/s1/i4D. The predicted octanol–water partition coefficient (Wildman–Crippen LogP) is -1.13. The van der Waals surface area contributed by atoms with Gasteiger partial charge in [-0.2, -0.15) is 0 Å². The van der Waals surface area contributed by atoms with Gasteiger partial charge in [-0.15, -0.1) is 0 Å². The van der Waals surface area contributed by atoms with Gasteiger partial charge in [0.2, 0.25) is 5.79 Å². The fourth-order valence-electron chi connectivity index (χ4n) is 2.95. The number of aromatic hydroxyl groups is 2. The summed E-state index contributed by atoms with van der Waals surface area (Å²) in [4.78, 5) is 0. The third-order valence-corrected chi connectivity index (χ3v) is 4.25. The van der Waals surface area contributed by atoms with Crippen molar-refractivity contribution in [1.82, 2.24) is 0 Å². The van der Waals surface area contributed by atoms with E-state index in [4.69, 9.17) is 6.11 Å². The van der Waals surface area contributed by atoms with E-state index in [0.29, 0.717) is 0 Å². The number of aliphatic hydroxyl groups is 5. The zero-order valence-electron chi connectivity index (χ0n) is 13.4. The lowest BCUT2D eigenvalue weighted by Gasteiger charge is -2.45. The van der Waals surface area contributed by atoms with Crippen LogP contribution in [0, 0.1) is 0 Å². The summed E-state index contributed by atoms with van der Waals surface area (Å²) in [6, 6.07) is 4.60. The Bertz CT molecular complexity index is 810. The summed E-state index contributed by atoms with van der Waals surface area (Å²) in [7, 11) is 0. The Morgan fingerprint density at radius 3 is 2.46 bits per heavy atom. The Labute approximate surface area is 137 Å². The van der Waals surface area contributed by atoms with Gasteiger partial charge in [0.1, 0.15) is 35.9 Å². The molecule has 130 valence electrons. The van der Waals surface area contributed by atoms with Gasteiger partial charge < -0.3 is 40.5 Å².